The molecule has 0 aliphatic rings. The van der Waals surface area contributed by atoms with Crippen LogP contribution in [0.2, 0.25) is 5.02 Å². The summed E-state index contributed by atoms with van der Waals surface area (Å²) < 4.78 is 0. The Morgan fingerprint density at radius 1 is 1.31 bits per heavy atom. The van der Waals surface area contributed by atoms with Crippen LogP contribution >= 0.6 is 11.6 Å². The summed E-state index contributed by atoms with van der Waals surface area (Å²) in [7, 11) is 0. The maximum Gasteiger partial charge on any atom is 0.0617 e. The van der Waals surface area contributed by atoms with Gasteiger partial charge >= 0.3 is 0 Å². The Labute approximate surface area is 81.3 Å². The van der Waals surface area contributed by atoms with E-state index in [0.717, 1.165) is 21.5 Å². The molecule has 0 aliphatic heterocycles. The third-order valence-electron chi connectivity index (χ3n) is 2.00. The van der Waals surface area contributed by atoms with Crippen molar-refractivity contribution in [3.8, 4) is 0 Å². The van der Waals surface area contributed by atoms with E-state index in [9.17, 15) is 0 Å². The standard InChI is InChI=1S/C10H9ClN2/c11-8-1-2-9-7(5-8)3-4-13-10(9)6-12/h1-5H,6,12H2. The first kappa shape index (κ1) is 8.48. The normalized spacial score (nSPS) is 10.6. The minimum atomic E-state index is 0.457. The molecule has 0 unspecified atom stereocenters. The molecule has 1 aromatic heterocycles. The van der Waals surface area contributed by atoms with Crippen LogP contribution in [0.4, 0.5) is 0 Å². The van der Waals surface area contributed by atoms with Gasteiger partial charge in [-0.25, -0.2) is 0 Å². The van der Waals surface area contributed by atoms with Crippen molar-refractivity contribution in [1.29, 1.82) is 0 Å². The first-order chi connectivity index (χ1) is 6.31. The van der Waals surface area contributed by atoms with Crippen molar-refractivity contribution < 1.29 is 0 Å². The maximum absolute atomic E-state index is 5.86. The SMILES string of the molecule is NCc1nccc2cc(Cl)ccc12. The molecular formula is C10H9ClN2. The fourth-order valence-electron chi connectivity index (χ4n) is 1.37. The molecule has 2 rings (SSSR count). The van der Waals surface area contributed by atoms with Gasteiger partial charge in [-0.15, -0.1) is 0 Å². The van der Waals surface area contributed by atoms with E-state index in [1.807, 2.05) is 24.3 Å². The van der Waals surface area contributed by atoms with Crippen LogP contribution in [0.25, 0.3) is 10.8 Å². The number of nitrogens with zero attached hydrogens (tertiary/aromatic N) is 1. The van der Waals surface area contributed by atoms with E-state index in [4.69, 9.17) is 17.3 Å². The summed E-state index contributed by atoms with van der Waals surface area (Å²) in [4.78, 5) is 4.19. The van der Waals surface area contributed by atoms with Gasteiger partial charge in [-0.2, -0.15) is 0 Å². The quantitative estimate of drug-likeness (QED) is 0.754. The highest BCUT2D eigenvalue weighted by Gasteiger charge is 1.99. The highest BCUT2D eigenvalue weighted by Crippen LogP contribution is 2.20. The highest BCUT2D eigenvalue weighted by molar-refractivity contribution is 6.31. The second-order valence-corrected chi connectivity index (χ2v) is 3.26. The zero-order valence-electron chi connectivity index (χ0n) is 7.00. The summed E-state index contributed by atoms with van der Waals surface area (Å²) in [5.41, 5.74) is 6.47. The Hall–Kier alpha value is -1.12. The lowest BCUT2D eigenvalue weighted by atomic mass is 10.1. The van der Waals surface area contributed by atoms with Gasteiger partial charge in [0.15, 0.2) is 0 Å². The van der Waals surface area contributed by atoms with E-state index in [1.54, 1.807) is 6.20 Å². The molecular weight excluding hydrogens is 184 g/mol. The molecule has 3 heteroatoms. The molecule has 0 saturated heterocycles. The molecule has 13 heavy (non-hydrogen) atoms. The lowest BCUT2D eigenvalue weighted by molar-refractivity contribution is 1.01. The number of fused-ring (bicyclic) bond motifs is 1. The number of pyridine rings is 1. The number of rotatable bonds is 1. The molecule has 0 amide bonds. The Morgan fingerprint density at radius 2 is 2.15 bits per heavy atom. The zero-order valence-corrected chi connectivity index (χ0v) is 7.75. The Kier molecular flexibility index (Phi) is 2.17. The van der Waals surface area contributed by atoms with Crippen LogP contribution in [0.1, 0.15) is 5.69 Å². The van der Waals surface area contributed by atoms with Gasteiger partial charge in [0, 0.05) is 23.2 Å². The second kappa shape index (κ2) is 3.32. The van der Waals surface area contributed by atoms with E-state index in [-0.39, 0.29) is 0 Å². The van der Waals surface area contributed by atoms with Crippen LogP contribution in [-0.2, 0) is 6.54 Å². The van der Waals surface area contributed by atoms with E-state index in [1.165, 1.54) is 0 Å². The van der Waals surface area contributed by atoms with Gasteiger partial charge in [0.1, 0.15) is 0 Å². The molecule has 1 heterocycles. The molecule has 0 spiro atoms. The van der Waals surface area contributed by atoms with Gasteiger partial charge in [0.05, 0.1) is 5.69 Å². The molecule has 2 nitrogen and oxygen atoms in total. The second-order valence-electron chi connectivity index (χ2n) is 2.83. The van der Waals surface area contributed by atoms with Crippen LogP contribution in [0.5, 0.6) is 0 Å². The Balaban J connectivity index is 2.77. The van der Waals surface area contributed by atoms with E-state index < -0.39 is 0 Å². The van der Waals surface area contributed by atoms with Crippen LogP contribution < -0.4 is 5.73 Å². The smallest absolute Gasteiger partial charge is 0.0617 e. The number of nitrogens with two attached hydrogens (primary N) is 1. The first-order valence-corrected chi connectivity index (χ1v) is 4.42. The van der Waals surface area contributed by atoms with Crippen LogP contribution in [0, 0.1) is 0 Å². The molecule has 2 N–H and O–H groups in total. The van der Waals surface area contributed by atoms with E-state index in [0.29, 0.717) is 6.54 Å². The summed E-state index contributed by atoms with van der Waals surface area (Å²) in [6, 6.07) is 7.65. The fraction of sp³-hybridized carbons (Fsp3) is 0.100. The number of benzene rings is 1. The van der Waals surface area contributed by atoms with Crippen LogP contribution in [0.15, 0.2) is 30.5 Å². The third kappa shape index (κ3) is 1.50. The largest absolute Gasteiger partial charge is 0.325 e. The van der Waals surface area contributed by atoms with Crippen molar-refractivity contribution >= 4 is 22.4 Å². The molecule has 0 aliphatic carbocycles. The summed E-state index contributed by atoms with van der Waals surface area (Å²) >= 11 is 5.86. The van der Waals surface area contributed by atoms with Crippen molar-refractivity contribution in [2.75, 3.05) is 0 Å². The van der Waals surface area contributed by atoms with Crippen molar-refractivity contribution in [1.82, 2.24) is 4.98 Å². The van der Waals surface area contributed by atoms with Crippen LogP contribution in [-0.4, -0.2) is 4.98 Å². The van der Waals surface area contributed by atoms with Gasteiger partial charge in [0.2, 0.25) is 0 Å². The van der Waals surface area contributed by atoms with Crippen molar-refractivity contribution in [2.45, 2.75) is 6.54 Å². The van der Waals surface area contributed by atoms with Gasteiger partial charge in [-0.1, -0.05) is 17.7 Å². The molecule has 0 fully saturated rings. The predicted octanol–water partition coefficient (Wildman–Crippen LogP) is 2.35. The van der Waals surface area contributed by atoms with Gasteiger partial charge in [-0.05, 0) is 23.6 Å². The topological polar surface area (TPSA) is 38.9 Å². The summed E-state index contributed by atoms with van der Waals surface area (Å²) in [5.74, 6) is 0. The molecule has 66 valence electrons. The maximum atomic E-state index is 5.86. The molecule has 0 radical (unpaired) electrons. The van der Waals surface area contributed by atoms with E-state index >= 15 is 0 Å². The molecule has 2 aromatic rings. The van der Waals surface area contributed by atoms with Gasteiger partial charge < -0.3 is 5.73 Å². The average Bonchev–Trinajstić information content (AvgIpc) is 2.16. The first-order valence-electron chi connectivity index (χ1n) is 4.04. The molecule has 0 saturated carbocycles. The molecule has 1 aromatic carbocycles. The lowest BCUT2D eigenvalue weighted by Gasteiger charge is -2.02. The van der Waals surface area contributed by atoms with Crippen molar-refractivity contribution in [2.24, 2.45) is 5.73 Å². The summed E-state index contributed by atoms with van der Waals surface area (Å²) in [6.45, 7) is 0.457. The molecule has 0 atom stereocenters. The zero-order chi connectivity index (χ0) is 9.26. The van der Waals surface area contributed by atoms with Crippen LogP contribution in [0.3, 0.4) is 0 Å². The number of halogens is 1. The monoisotopic (exact) mass is 192 g/mol. The van der Waals surface area contributed by atoms with Crippen molar-refractivity contribution in [3.63, 3.8) is 0 Å². The fourth-order valence-corrected chi connectivity index (χ4v) is 1.55. The summed E-state index contributed by atoms with van der Waals surface area (Å²) in [6.07, 6.45) is 1.75. The number of hydrogen-bond donors (Lipinski definition) is 1. The molecule has 0 bridgehead atoms. The minimum Gasteiger partial charge on any atom is -0.325 e. The van der Waals surface area contributed by atoms with Crippen molar-refractivity contribution in [3.05, 3.63) is 41.2 Å². The van der Waals surface area contributed by atoms with Gasteiger partial charge in [-0.3, -0.25) is 4.98 Å². The Bertz CT molecular complexity index is 440. The third-order valence-corrected chi connectivity index (χ3v) is 2.24. The number of aromatic nitrogens is 1. The Morgan fingerprint density at radius 3 is 2.92 bits per heavy atom. The minimum absolute atomic E-state index is 0.457. The lowest BCUT2D eigenvalue weighted by Crippen LogP contribution is -1.99. The van der Waals surface area contributed by atoms with E-state index in [2.05, 4.69) is 4.98 Å². The van der Waals surface area contributed by atoms with Gasteiger partial charge in [0.25, 0.3) is 0 Å². The highest BCUT2D eigenvalue weighted by atomic mass is 35.5. The summed E-state index contributed by atoms with van der Waals surface area (Å²) in [5, 5.41) is 2.90. The average molecular weight is 193 g/mol. The number of hydrogen-bond acceptors (Lipinski definition) is 2. The predicted molar refractivity (Wildman–Crippen MR) is 54.6 cm³/mol.